The van der Waals surface area contributed by atoms with Crippen LogP contribution in [-0.4, -0.2) is 39.1 Å². The summed E-state index contributed by atoms with van der Waals surface area (Å²) in [6.45, 7) is 4.14. The number of pyridine rings is 1. The lowest BCUT2D eigenvalue weighted by Gasteiger charge is -2.25. The second-order valence-corrected chi connectivity index (χ2v) is 5.83. The van der Waals surface area contributed by atoms with Crippen LogP contribution in [0.25, 0.3) is 17.3 Å². The monoisotopic (exact) mass is 310 g/mol. The summed E-state index contributed by atoms with van der Waals surface area (Å²) in [6, 6.07) is 4.02. The highest BCUT2D eigenvalue weighted by Crippen LogP contribution is 2.32. The summed E-state index contributed by atoms with van der Waals surface area (Å²) in [4.78, 5) is 26.8. The van der Waals surface area contributed by atoms with E-state index in [9.17, 15) is 9.90 Å². The van der Waals surface area contributed by atoms with Gasteiger partial charge in [0, 0.05) is 43.0 Å². The first-order valence-electron chi connectivity index (χ1n) is 7.45. The van der Waals surface area contributed by atoms with Gasteiger partial charge in [-0.1, -0.05) is 0 Å². The minimum absolute atomic E-state index is 0.242. The zero-order valence-corrected chi connectivity index (χ0v) is 13.3. The normalized spacial score (nSPS) is 13.0. The van der Waals surface area contributed by atoms with E-state index in [0.29, 0.717) is 23.4 Å². The topological polar surface area (TPSA) is 79.2 Å². The molecule has 0 amide bonds. The fraction of sp³-hybridized carbons (Fsp3) is 0.294. The van der Waals surface area contributed by atoms with Crippen LogP contribution in [0.2, 0.25) is 0 Å². The van der Waals surface area contributed by atoms with Crippen molar-refractivity contribution in [3.05, 3.63) is 41.5 Å². The van der Waals surface area contributed by atoms with Crippen molar-refractivity contribution in [2.75, 3.05) is 11.9 Å². The van der Waals surface area contributed by atoms with E-state index >= 15 is 0 Å². The van der Waals surface area contributed by atoms with Crippen molar-refractivity contribution < 1.29 is 9.90 Å². The molecule has 2 aromatic rings. The number of fused-ring (bicyclic) bond motifs is 1. The Morgan fingerprint density at radius 3 is 2.74 bits per heavy atom. The van der Waals surface area contributed by atoms with Crippen molar-refractivity contribution in [1.29, 1.82) is 0 Å². The van der Waals surface area contributed by atoms with Gasteiger partial charge in [0.25, 0.3) is 0 Å². The van der Waals surface area contributed by atoms with Crippen LogP contribution in [0.1, 0.15) is 25.2 Å². The van der Waals surface area contributed by atoms with Gasteiger partial charge < -0.3 is 10.0 Å². The van der Waals surface area contributed by atoms with Gasteiger partial charge in [-0.3, -0.25) is 4.98 Å². The van der Waals surface area contributed by atoms with Gasteiger partial charge >= 0.3 is 5.97 Å². The summed E-state index contributed by atoms with van der Waals surface area (Å²) in [7, 11) is 1.96. The number of anilines is 1. The van der Waals surface area contributed by atoms with Crippen molar-refractivity contribution in [1.82, 2.24) is 15.0 Å². The zero-order chi connectivity index (χ0) is 16.6. The third kappa shape index (κ3) is 2.79. The number of carboxylic acids is 1. The largest absolute Gasteiger partial charge is 0.478 e. The lowest BCUT2D eigenvalue weighted by molar-refractivity contribution is -0.132. The standard InChI is InChI=1S/C17H18N4O2/c1-10(2)21(3)16-15(11-5-4-6-18-9-11)19-13-7-12(17(22)23)8-14(13)20-16/h4-7,9-10H,8H2,1-3H3,(H,22,23). The summed E-state index contributed by atoms with van der Waals surface area (Å²) < 4.78 is 0. The molecular weight excluding hydrogens is 292 g/mol. The molecule has 0 bridgehead atoms. The van der Waals surface area contributed by atoms with E-state index in [1.165, 1.54) is 0 Å². The minimum Gasteiger partial charge on any atom is -0.478 e. The van der Waals surface area contributed by atoms with Crippen molar-refractivity contribution >= 4 is 17.9 Å². The summed E-state index contributed by atoms with van der Waals surface area (Å²) in [6.07, 6.45) is 5.36. The Balaban J connectivity index is 2.16. The number of aromatic nitrogens is 3. The van der Waals surface area contributed by atoms with Crippen molar-refractivity contribution in [2.45, 2.75) is 26.3 Å². The maximum atomic E-state index is 11.2. The second-order valence-electron chi connectivity index (χ2n) is 5.83. The molecule has 0 spiro atoms. The Bertz CT molecular complexity index is 785. The SMILES string of the molecule is CC(C)N(C)c1nc2c(nc1-c1cccnc1)C=C(C(=O)O)C2. The van der Waals surface area contributed by atoms with Gasteiger partial charge in [-0.2, -0.15) is 0 Å². The predicted octanol–water partition coefficient (Wildman–Crippen LogP) is 2.41. The molecule has 118 valence electrons. The third-order valence-corrected chi connectivity index (χ3v) is 3.97. The van der Waals surface area contributed by atoms with Crippen molar-refractivity contribution in [3.8, 4) is 11.3 Å². The van der Waals surface area contributed by atoms with E-state index < -0.39 is 5.97 Å². The smallest absolute Gasteiger partial charge is 0.332 e. The van der Waals surface area contributed by atoms with Gasteiger partial charge in [0.2, 0.25) is 0 Å². The third-order valence-electron chi connectivity index (χ3n) is 3.97. The number of hydrogen-bond donors (Lipinski definition) is 1. The van der Waals surface area contributed by atoms with E-state index in [2.05, 4.69) is 23.8 Å². The van der Waals surface area contributed by atoms with Crippen LogP contribution in [0.5, 0.6) is 0 Å². The van der Waals surface area contributed by atoms with E-state index in [1.807, 2.05) is 24.1 Å². The molecule has 0 saturated heterocycles. The Hall–Kier alpha value is -2.76. The fourth-order valence-electron chi connectivity index (χ4n) is 2.44. The number of nitrogens with zero attached hydrogens (tertiary/aromatic N) is 4. The van der Waals surface area contributed by atoms with E-state index in [4.69, 9.17) is 4.98 Å². The van der Waals surface area contributed by atoms with E-state index in [0.717, 1.165) is 17.1 Å². The van der Waals surface area contributed by atoms with Crippen LogP contribution in [0.3, 0.4) is 0 Å². The van der Waals surface area contributed by atoms with Gasteiger partial charge in [0.15, 0.2) is 5.82 Å². The molecule has 6 nitrogen and oxygen atoms in total. The molecule has 2 aromatic heterocycles. The first kappa shape index (κ1) is 15.1. The number of carboxylic acid groups (broad SMARTS) is 1. The molecule has 0 saturated carbocycles. The molecule has 2 heterocycles. The first-order chi connectivity index (χ1) is 11.0. The Morgan fingerprint density at radius 1 is 1.35 bits per heavy atom. The average molecular weight is 310 g/mol. The van der Waals surface area contributed by atoms with E-state index in [-0.39, 0.29) is 6.04 Å². The first-order valence-corrected chi connectivity index (χ1v) is 7.45. The Labute approximate surface area is 134 Å². The van der Waals surface area contributed by atoms with Gasteiger partial charge in [-0.05, 0) is 32.1 Å². The summed E-state index contributed by atoms with van der Waals surface area (Å²) in [5.74, 6) is -0.182. The van der Waals surface area contributed by atoms with Crippen molar-refractivity contribution in [2.24, 2.45) is 0 Å². The lowest BCUT2D eigenvalue weighted by Crippen LogP contribution is -2.28. The van der Waals surface area contributed by atoms with Crippen molar-refractivity contribution in [3.63, 3.8) is 0 Å². The summed E-state index contributed by atoms with van der Waals surface area (Å²) >= 11 is 0. The maximum absolute atomic E-state index is 11.2. The van der Waals surface area contributed by atoms with E-state index in [1.54, 1.807) is 18.5 Å². The van der Waals surface area contributed by atoms with Gasteiger partial charge in [-0.15, -0.1) is 0 Å². The summed E-state index contributed by atoms with van der Waals surface area (Å²) in [5.41, 5.74) is 3.24. The molecule has 0 radical (unpaired) electrons. The molecule has 1 aliphatic carbocycles. The Morgan fingerprint density at radius 2 is 2.13 bits per heavy atom. The molecule has 6 heteroatoms. The van der Waals surface area contributed by atoms with Crippen LogP contribution in [-0.2, 0) is 11.2 Å². The second kappa shape index (κ2) is 5.79. The van der Waals surface area contributed by atoms with Crippen LogP contribution in [0.15, 0.2) is 30.1 Å². The predicted molar refractivity (Wildman–Crippen MR) is 88.1 cm³/mol. The molecule has 0 unspecified atom stereocenters. The van der Waals surface area contributed by atoms with Crippen LogP contribution in [0.4, 0.5) is 5.82 Å². The van der Waals surface area contributed by atoms with Crippen LogP contribution < -0.4 is 4.90 Å². The number of aliphatic carboxylic acids is 1. The fourth-order valence-corrected chi connectivity index (χ4v) is 2.44. The highest BCUT2D eigenvalue weighted by atomic mass is 16.4. The molecule has 0 fully saturated rings. The van der Waals surface area contributed by atoms with Gasteiger partial charge in [-0.25, -0.2) is 14.8 Å². The van der Waals surface area contributed by atoms with Crippen LogP contribution >= 0.6 is 0 Å². The maximum Gasteiger partial charge on any atom is 0.332 e. The molecule has 3 rings (SSSR count). The number of hydrogen-bond acceptors (Lipinski definition) is 5. The quantitative estimate of drug-likeness (QED) is 0.934. The molecular formula is C17H18N4O2. The molecule has 1 N–H and O–H groups in total. The summed E-state index contributed by atoms with van der Waals surface area (Å²) in [5, 5.41) is 9.19. The lowest BCUT2D eigenvalue weighted by atomic mass is 10.1. The molecule has 0 aliphatic heterocycles. The average Bonchev–Trinajstić information content (AvgIpc) is 2.97. The van der Waals surface area contributed by atoms with Gasteiger partial charge in [0.1, 0.15) is 5.69 Å². The molecule has 23 heavy (non-hydrogen) atoms. The highest BCUT2D eigenvalue weighted by molar-refractivity contribution is 5.95. The highest BCUT2D eigenvalue weighted by Gasteiger charge is 2.25. The van der Waals surface area contributed by atoms with Crippen LogP contribution in [0, 0.1) is 0 Å². The number of rotatable bonds is 4. The van der Waals surface area contributed by atoms with Gasteiger partial charge in [0.05, 0.1) is 11.4 Å². The molecule has 1 aliphatic rings. The zero-order valence-electron chi connectivity index (χ0n) is 13.3. The number of carbonyl (C=O) groups is 1. The molecule has 0 atom stereocenters. The minimum atomic E-state index is -0.925. The molecule has 0 aromatic carbocycles. The Kier molecular flexibility index (Phi) is 3.82.